The minimum Gasteiger partial charge on any atom is -0.353 e. The average molecular weight is 316 g/mol. The molecule has 0 bridgehead atoms. The summed E-state index contributed by atoms with van der Waals surface area (Å²) in [4.78, 5) is 10.8. The van der Waals surface area contributed by atoms with Crippen LogP contribution in [0.4, 0.5) is 5.82 Å². The van der Waals surface area contributed by atoms with E-state index in [1.807, 2.05) is 0 Å². The number of nitrogens with one attached hydrogen (secondary N) is 1. The molecule has 1 spiro atoms. The molecule has 2 heterocycles. The summed E-state index contributed by atoms with van der Waals surface area (Å²) in [5.41, 5.74) is 0.411. The molecule has 0 amide bonds. The van der Waals surface area contributed by atoms with Crippen molar-refractivity contribution in [2.45, 2.75) is 18.4 Å². The van der Waals surface area contributed by atoms with Crippen molar-refractivity contribution >= 4 is 28.4 Å². The summed E-state index contributed by atoms with van der Waals surface area (Å²) in [6, 6.07) is 2.06. The molecule has 15 heavy (non-hydrogen) atoms. The predicted molar refractivity (Wildman–Crippen MR) is 66.9 cm³/mol. The average Bonchev–Trinajstić information content (AvgIpc) is 2.98. The highest BCUT2D eigenvalue weighted by Gasteiger charge is 2.45. The van der Waals surface area contributed by atoms with Gasteiger partial charge in [0.05, 0.1) is 0 Å². The van der Waals surface area contributed by atoms with Gasteiger partial charge in [0, 0.05) is 31.2 Å². The van der Waals surface area contributed by atoms with Crippen LogP contribution >= 0.6 is 22.6 Å². The Morgan fingerprint density at radius 1 is 1.40 bits per heavy atom. The van der Waals surface area contributed by atoms with Gasteiger partial charge >= 0.3 is 0 Å². The molecule has 1 aliphatic carbocycles. The number of nitrogens with zero attached hydrogens (tertiary/aromatic N) is 3. The van der Waals surface area contributed by atoms with E-state index in [9.17, 15) is 0 Å². The van der Waals surface area contributed by atoms with E-state index in [2.05, 4.69) is 48.8 Å². The molecule has 0 atom stereocenters. The molecule has 0 radical (unpaired) electrons. The lowest BCUT2D eigenvalue weighted by Crippen LogP contribution is -2.52. The Morgan fingerprint density at radius 3 is 3.00 bits per heavy atom. The van der Waals surface area contributed by atoms with Crippen molar-refractivity contribution in [3.63, 3.8) is 0 Å². The SMILES string of the molecule is Ic1cc(N2CCNC3(CC3)C2)ncn1. The van der Waals surface area contributed by atoms with E-state index in [1.54, 1.807) is 6.33 Å². The lowest BCUT2D eigenvalue weighted by molar-refractivity contribution is 0.440. The number of rotatable bonds is 1. The van der Waals surface area contributed by atoms with Crippen molar-refractivity contribution in [2.75, 3.05) is 24.5 Å². The Morgan fingerprint density at radius 2 is 2.27 bits per heavy atom. The maximum Gasteiger partial charge on any atom is 0.133 e. The molecule has 0 aromatic carbocycles. The number of aromatic nitrogens is 2. The van der Waals surface area contributed by atoms with Crippen LogP contribution in [-0.2, 0) is 0 Å². The van der Waals surface area contributed by atoms with Gasteiger partial charge in [-0.25, -0.2) is 9.97 Å². The summed E-state index contributed by atoms with van der Waals surface area (Å²) in [7, 11) is 0. The Kier molecular flexibility index (Phi) is 2.31. The molecule has 1 aromatic rings. The highest BCUT2D eigenvalue weighted by molar-refractivity contribution is 14.1. The Balaban J connectivity index is 1.81. The van der Waals surface area contributed by atoms with Gasteiger partial charge in [0.15, 0.2) is 0 Å². The van der Waals surface area contributed by atoms with Crippen LogP contribution in [0.3, 0.4) is 0 Å². The fraction of sp³-hybridized carbons (Fsp3) is 0.600. The Hall–Kier alpha value is -0.430. The van der Waals surface area contributed by atoms with E-state index < -0.39 is 0 Å². The van der Waals surface area contributed by atoms with Gasteiger partial charge in [0.2, 0.25) is 0 Å². The minimum atomic E-state index is 0.411. The van der Waals surface area contributed by atoms with Crippen LogP contribution in [0.5, 0.6) is 0 Å². The van der Waals surface area contributed by atoms with E-state index >= 15 is 0 Å². The highest BCUT2D eigenvalue weighted by Crippen LogP contribution is 2.38. The molecule has 5 heteroatoms. The van der Waals surface area contributed by atoms with Gasteiger partial charge in [-0.05, 0) is 35.4 Å². The largest absolute Gasteiger partial charge is 0.353 e. The van der Waals surface area contributed by atoms with Crippen molar-refractivity contribution in [1.82, 2.24) is 15.3 Å². The van der Waals surface area contributed by atoms with Crippen LogP contribution in [0.25, 0.3) is 0 Å². The second-order valence-corrected chi connectivity index (χ2v) is 5.43. The Labute approximate surface area is 103 Å². The first-order valence-corrected chi connectivity index (χ1v) is 6.33. The molecule has 1 saturated carbocycles. The summed E-state index contributed by atoms with van der Waals surface area (Å²) in [5.74, 6) is 1.07. The van der Waals surface area contributed by atoms with Crippen molar-refractivity contribution in [1.29, 1.82) is 0 Å². The molecule has 3 rings (SSSR count). The van der Waals surface area contributed by atoms with Crippen molar-refractivity contribution in [2.24, 2.45) is 0 Å². The molecular formula is C10H13IN4. The van der Waals surface area contributed by atoms with Gasteiger partial charge in [-0.1, -0.05) is 0 Å². The van der Waals surface area contributed by atoms with Crippen LogP contribution in [0.15, 0.2) is 12.4 Å². The Bertz CT molecular complexity index is 377. The molecule has 2 aliphatic rings. The zero-order valence-corrected chi connectivity index (χ0v) is 10.6. The van der Waals surface area contributed by atoms with Crippen molar-refractivity contribution in [3.8, 4) is 0 Å². The van der Waals surface area contributed by atoms with E-state index in [4.69, 9.17) is 0 Å². The molecule has 1 aliphatic heterocycles. The zero-order valence-electron chi connectivity index (χ0n) is 8.41. The van der Waals surface area contributed by atoms with Crippen molar-refractivity contribution in [3.05, 3.63) is 16.1 Å². The highest BCUT2D eigenvalue weighted by atomic mass is 127. The molecule has 2 fully saturated rings. The molecule has 80 valence electrons. The quantitative estimate of drug-likeness (QED) is 0.620. The van der Waals surface area contributed by atoms with Crippen LogP contribution in [0.2, 0.25) is 0 Å². The van der Waals surface area contributed by atoms with Gasteiger partial charge in [0.1, 0.15) is 15.8 Å². The summed E-state index contributed by atoms with van der Waals surface area (Å²) in [6.45, 7) is 3.22. The molecule has 1 N–H and O–H groups in total. The van der Waals surface area contributed by atoms with Gasteiger partial charge in [-0.2, -0.15) is 0 Å². The summed E-state index contributed by atoms with van der Waals surface area (Å²) >= 11 is 2.23. The predicted octanol–water partition coefficient (Wildman–Crippen LogP) is 1.02. The van der Waals surface area contributed by atoms with Gasteiger partial charge in [0.25, 0.3) is 0 Å². The summed E-state index contributed by atoms with van der Waals surface area (Å²) in [5, 5.41) is 3.60. The third-order valence-electron chi connectivity index (χ3n) is 3.17. The number of halogens is 1. The summed E-state index contributed by atoms with van der Waals surface area (Å²) < 4.78 is 1.01. The normalized spacial score (nSPS) is 23.1. The standard InChI is InChI=1S/C10H13IN4/c11-8-5-9(13-7-12-8)15-4-3-14-10(6-15)1-2-10/h5,7,14H,1-4,6H2. The maximum absolute atomic E-state index is 4.34. The van der Waals surface area contributed by atoms with Crippen LogP contribution < -0.4 is 10.2 Å². The molecular weight excluding hydrogens is 303 g/mol. The van der Waals surface area contributed by atoms with Gasteiger partial charge in [-0.15, -0.1) is 0 Å². The molecule has 1 saturated heterocycles. The second-order valence-electron chi connectivity index (χ2n) is 4.33. The first-order valence-electron chi connectivity index (χ1n) is 5.25. The zero-order chi connectivity index (χ0) is 10.3. The monoisotopic (exact) mass is 316 g/mol. The maximum atomic E-state index is 4.34. The van der Waals surface area contributed by atoms with Crippen molar-refractivity contribution < 1.29 is 0 Å². The van der Waals surface area contributed by atoms with Gasteiger partial charge in [-0.3, -0.25) is 0 Å². The summed E-state index contributed by atoms with van der Waals surface area (Å²) in [6.07, 6.45) is 4.27. The number of hydrogen-bond donors (Lipinski definition) is 1. The fourth-order valence-electron chi connectivity index (χ4n) is 2.13. The first kappa shape index (κ1) is 9.77. The van der Waals surface area contributed by atoms with Gasteiger partial charge < -0.3 is 10.2 Å². The smallest absolute Gasteiger partial charge is 0.133 e. The number of hydrogen-bond acceptors (Lipinski definition) is 4. The third kappa shape index (κ3) is 1.94. The topological polar surface area (TPSA) is 41.0 Å². The van der Waals surface area contributed by atoms with Crippen LogP contribution in [-0.4, -0.2) is 35.1 Å². The second kappa shape index (κ2) is 3.55. The molecule has 0 unspecified atom stereocenters. The first-order chi connectivity index (χ1) is 7.27. The minimum absolute atomic E-state index is 0.411. The van der Waals surface area contributed by atoms with E-state index in [1.165, 1.54) is 12.8 Å². The number of piperazine rings is 1. The molecule has 1 aromatic heterocycles. The van der Waals surface area contributed by atoms with E-state index in [-0.39, 0.29) is 0 Å². The van der Waals surface area contributed by atoms with E-state index in [0.717, 1.165) is 29.2 Å². The van der Waals surface area contributed by atoms with E-state index in [0.29, 0.717) is 5.54 Å². The lowest BCUT2D eigenvalue weighted by atomic mass is 10.2. The third-order valence-corrected chi connectivity index (χ3v) is 3.76. The molecule has 4 nitrogen and oxygen atoms in total. The lowest BCUT2D eigenvalue weighted by Gasteiger charge is -2.34. The number of anilines is 1. The fourth-order valence-corrected chi connectivity index (χ4v) is 2.54. The van der Waals surface area contributed by atoms with Crippen LogP contribution in [0, 0.1) is 3.70 Å². The van der Waals surface area contributed by atoms with Crippen LogP contribution in [0.1, 0.15) is 12.8 Å².